The van der Waals surface area contributed by atoms with E-state index in [0.29, 0.717) is 30.1 Å². The minimum Gasteiger partial charge on any atom is -0.376 e. The molecule has 1 aliphatic heterocycles. The van der Waals surface area contributed by atoms with Crippen LogP contribution in [0.15, 0.2) is 48.5 Å². The number of ether oxygens (including phenoxy) is 1. The average molecular weight is 460 g/mol. The summed E-state index contributed by atoms with van der Waals surface area (Å²) in [4.78, 5) is 25.7. The van der Waals surface area contributed by atoms with E-state index in [0.717, 1.165) is 29.0 Å². The van der Waals surface area contributed by atoms with E-state index in [1.165, 1.54) is 6.92 Å². The predicted molar refractivity (Wildman–Crippen MR) is 124 cm³/mol. The third kappa shape index (κ3) is 5.86. The molecule has 9 heteroatoms. The summed E-state index contributed by atoms with van der Waals surface area (Å²) >= 11 is 0. The highest BCUT2D eigenvalue weighted by Gasteiger charge is 2.30. The molecule has 1 heterocycles. The first-order valence-electron chi connectivity index (χ1n) is 10.5. The zero-order valence-electron chi connectivity index (χ0n) is 18.5. The molecule has 2 N–H and O–H groups in total. The van der Waals surface area contributed by atoms with Gasteiger partial charge < -0.3 is 15.4 Å². The number of rotatable bonds is 8. The van der Waals surface area contributed by atoms with Crippen molar-refractivity contribution in [1.82, 2.24) is 5.32 Å². The van der Waals surface area contributed by atoms with Crippen LogP contribution in [0.5, 0.6) is 0 Å². The van der Waals surface area contributed by atoms with Crippen LogP contribution >= 0.6 is 0 Å². The van der Waals surface area contributed by atoms with E-state index in [4.69, 9.17) is 4.74 Å². The molecule has 0 unspecified atom stereocenters. The van der Waals surface area contributed by atoms with Crippen molar-refractivity contribution in [2.75, 3.05) is 29.0 Å². The lowest BCUT2D eigenvalue weighted by molar-refractivity contribution is -0.116. The van der Waals surface area contributed by atoms with Gasteiger partial charge in [0.25, 0.3) is 5.91 Å². The van der Waals surface area contributed by atoms with E-state index >= 15 is 0 Å². The summed E-state index contributed by atoms with van der Waals surface area (Å²) in [7, 11) is -3.73. The van der Waals surface area contributed by atoms with E-state index in [1.54, 1.807) is 48.5 Å². The average Bonchev–Trinajstić information content (AvgIpc) is 3.26. The van der Waals surface area contributed by atoms with Gasteiger partial charge in [0.1, 0.15) is 6.04 Å². The standard InChI is InChI=1S/C23H29N3O5S/c1-16-10-12-18(13-11-16)26(32(3,29)30)17(2)22(27)25-21-9-5-4-8-20(21)23(28)24-15-19-7-6-14-31-19/h4-5,8-13,17,19H,6-7,14-15H2,1-3H3,(H,24,28)(H,25,27)/t17-,19-/m1/s1. The first-order valence-corrected chi connectivity index (χ1v) is 12.4. The zero-order chi connectivity index (χ0) is 23.3. The van der Waals surface area contributed by atoms with Crippen molar-refractivity contribution in [2.45, 2.75) is 38.8 Å². The van der Waals surface area contributed by atoms with E-state index in [-0.39, 0.29) is 12.0 Å². The van der Waals surface area contributed by atoms with Crippen LogP contribution in [0.3, 0.4) is 0 Å². The number of aryl methyl sites for hydroxylation is 1. The molecule has 1 saturated heterocycles. The Morgan fingerprint density at radius 3 is 2.47 bits per heavy atom. The molecule has 0 spiro atoms. The number of para-hydroxylation sites is 1. The number of benzene rings is 2. The van der Waals surface area contributed by atoms with Gasteiger partial charge in [-0.2, -0.15) is 0 Å². The first-order chi connectivity index (χ1) is 15.2. The lowest BCUT2D eigenvalue weighted by Gasteiger charge is -2.28. The van der Waals surface area contributed by atoms with Crippen LogP contribution < -0.4 is 14.9 Å². The minimum atomic E-state index is -3.73. The second kappa shape index (κ2) is 10.1. The number of amides is 2. The van der Waals surface area contributed by atoms with Gasteiger partial charge in [-0.1, -0.05) is 29.8 Å². The molecule has 8 nitrogen and oxygen atoms in total. The van der Waals surface area contributed by atoms with Crippen LogP contribution in [0.1, 0.15) is 35.7 Å². The maximum atomic E-state index is 13.0. The quantitative estimate of drug-likeness (QED) is 0.632. The van der Waals surface area contributed by atoms with Crippen molar-refractivity contribution in [3.63, 3.8) is 0 Å². The molecule has 32 heavy (non-hydrogen) atoms. The fraction of sp³-hybridized carbons (Fsp3) is 0.391. The van der Waals surface area contributed by atoms with Crippen molar-refractivity contribution in [3.05, 3.63) is 59.7 Å². The fourth-order valence-corrected chi connectivity index (χ4v) is 4.81. The smallest absolute Gasteiger partial charge is 0.253 e. The molecular weight excluding hydrogens is 430 g/mol. The van der Waals surface area contributed by atoms with Gasteiger partial charge in [0.15, 0.2) is 0 Å². The second-order valence-corrected chi connectivity index (χ2v) is 9.81. The maximum Gasteiger partial charge on any atom is 0.253 e. The topological polar surface area (TPSA) is 105 Å². The van der Waals surface area contributed by atoms with E-state index < -0.39 is 22.0 Å². The molecule has 2 amide bonds. The Morgan fingerprint density at radius 2 is 1.84 bits per heavy atom. The summed E-state index contributed by atoms with van der Waals surface area (Å²) in [5.41, 5.74) is 1.98. The van der Waals surface area contributed by atoms with Crippen LogP contribution in [0.2, 0.25) is 0 Å². The number of carbonyl (C=O) groups is 2. The lowest BCUT2D eigenvalue weighted by Crippen LogP contribution is -2.45. The summed E-state index contributed by atoms with van der Waals surface area (Å²) in [6.45, 7) is 4.50. The fourth-order valence-electron chi connectivity index (χ4n) is 3.63. The number of nitrogens with zero attached hydrogens (tertiary/aromatic N) is 1. The number of nitrogens with one attached hydrogen (secondary N) is 2. The highest BCUT2D eigenvalue weighted by Crippen LogP contribution is 2.23. The largest absolute Gasteiger partial charge is 0.376 e. The molecule has 2 atom stereocenters. The van der Waals surface area contributed by atoms with E-state index in [1.807, 2.05) is 6.92 Å². The Hall–Kier alpha value is -2.91. The number of hydrogen-bond acceptors (Lipinski definition) is 5. The van der Waals surface area contributed by atoms with Gasteiger partial charge in [0.2, 0.25) is 15.9 Å². The Kier molecular flexibility index (Phi) is 7.52. The highest BCUT2D eigenvalue weighted by atomic mass is 32.2. The van der Waals surface area contributed by atoms with Crippen molar-refractivity contribution < 1.29 is 22.7 Å². The second-order valence-electron chi connectivity index (χ2n) is 7.95. The zero-order valence-corrected chi connectivity index (χ0v) is 19.3. The van der Waals surface area contributed by atoms with Crippen molar-refractivity contribution >= 4 is 33.2 Å². The molecule has 0 bridgehead atoms. The van der Waals surface area contributed by atoms with Gasteiger partial charge in [-0.15, -0.1) is 0 Å². The predicted octanol–water partition coefficient (Wildman–Crippen LogP) is 2.70. The van der Waals surface area contributed by atoms with Crippen LogP contribution in [0.4, 0.5) is 11.4 Å². The Balaban J connectivity index is 1.76. The van der Waals surface area contributed by atoms with Crippen molar-refractivity contribution in [3.8, 4) is 0 Å². The Labute approximate surface area is 189 Å². The van der Waals surface area contributed by atoms with Gasteiger partial charge in [-0.05, 0) is 51.0 Å². The van der Waals surface area contributed by atoms with Gasteiger partial charge in [-0.3, -0.25) is 13.9 Å². The van der Waals surface area contributed by atoms with Gasteiger partial charge in [0.05, 0.1) is 29.3 Å². The monoisotopic (exact) mass is 459 g/mol. The van der Waals surface area contributed by atoms with Crippen LogP contribution in [0.25, 0.3) is 0 Å². The molecule has 172 valence electrons. The van der Waals surface area contributed by atoms with Crippen LogP contribution in [-0.4, -0.2) is 51.8 Å². The normalized spacial score (nSPS) is 16.9. The Bertz CT molecular complexity index is 1060. The molecule has 0 saturated carbocycles. The first kappa shape index (κ1) is 23.7. The molecule has 3 rings (SSSR count). The minimum absolute atomic E-state index is 0.00134. The summed E-state index contributed by atoms with van der Waals surface area (Å²) < 4.78 is 31.5. The summed E-state index contributed by atoms with van der Waals surface area (Å²) in [6.07, 6.45) is 2.93. The molecule has 0 aliphatic carbocycles. The third-order valence-corrected chi connectivity index (χ3v) is 6.56. The number of carbonyl (C=O) groups excluding carboxylic acids is 2. The van der Waals surface area contributed by atoms with Crippen LogP contribution in [-0.2, 0) is 19.6 Å². The molecule has 1 fully saturated rings. The van der Waals surface area contributed by atoms with Gasteiger partial charge >= 0.3 is 0 Å². The summed E-state index contributed by atoms with van der Waals surface area (Å²) in [5.74, 6) is -0.877. The van der Waals surface area contributed by atoms with Crippen LogP contribution in [0, 0.1) is 6.92 Å². The lowest BCUT2D eigenvalue weighted by atomic mass is 10.1. The van der Waals surface area contributed by atoms with Gasteiger partial charge in [-0.25, -0.2) is 8.42 Å². The highest BCUT2D eigenvalue weighted by molar-refractivity contribution is 7.92. The van der Waals surface area contributed by atoms with Crippen molar-refractivity contribution in [1.29, 1.82) is 0 Å². The SMILES string of the molecule is Cc1ccc(N([C@H](C)C(=O)Nc2ccccc2C(=O)NC[C@H]2CCCO2)S(C)(=O)=O)cc1. The molecule has 2 aromatic carbocycles. The van der Waals surface area contributed by atoms with Gasteiger partial charge in [0, 0.05) is 13.2 Å². The summed E-state index contributed by atoms with van der Waals surface area (Å²) in [5, 5.41) is 5.56. The number of anilines is 2. The van der Waals surface area contributed by atoms with Crippen molar-refractivity contribution in [2.24, 2.45) is 0 Å². The van der Waals surface area contributed by atoms with E-state index in [9.17, 15) is 18.0 Å². The number of hydrogen-bond donors (Lipinski definition) is 2. The molecule has 2 aromatic rings. The molecule has 0 radical (unpaired) electrons. The number of sulfonamides is 1. The Morgan fingerprint density at radius 1 is 1.16 bits per heavy atom. The molecule has 0 aromatic heterocycles. The summed E-state index contributed by atoms with van der Waals surface area (Å²) in [6, 6.07) is 12.5. The molecule has 1 aliphatic rings. The maximum absolute atomic E-state index is 13.0. The third-order valence-electron chi connectivity index (χ3n) is 5.32. The van der Waals surface area contributed by atoms with E-state index in [2.05, 4.69) is 10.6 Å². The molecular formula is C23H29N3O5S.